The number of hydroxylamine groups is 2. The fourth-order valence-corrected chi connectivity index (χ4v) is 6.65. The van der Waals surface area contributed by atoms with E-state index in [1.54, 1.807) is 23.0 Å². The summed E-state index contributed by atoms with van der Waals surface area (Å²) in [4.78, 5) is 34.4. The second-order valence-corrected chi connectivity index (χ2v) is 11.7. The normalized spacial score (nSPS) is 17.1. The number of hydrogen-bond acceptors (Lipinski definition) is 5. The van der Waals surface area contributed by atoms with Crippen LogP contribution in [0.15, 0.2) is 82.5 Å². The summed E-state index contributed by atoms with van der Waals surface area (Å²) in [6.07, 6.45) is 5.38. The van der Waals surface area contributed by atoms with Crippen molar-refractivity contribution in [3.8, 4) is 5.75 Å². The quantitative estimate of drug-likeness (QED) is 0.191. The first-order chi connectivity index (χ1) is 19.9. The van der Waals surface area contributed by atoms with Gasteiger partial charge in [-0.3, -0.25) is 18.8 Å². The Morgan fingerprint density at radius 1 is 1.00 bits per heavy atom. The van der Waals surface area contributed by atoms with Crippen molar-refractivity contribution >= 4 is 35.0 Å². The molecule has 0 saturated carbocycles. The molecule has 0 fully saturated rings. The van der Waals surface area contributed by atoms with E-state index >= 15 is 0 Å². The van der Waals surface area contributed by atoms with Crippen molar-refractivity contribution in [1.29, 1.82) is 0 Å². The molecule has 2 aliphatic rings. The number of amides is 1. The highest BCUT2D eigenvalue weighted by Crippen LogP contribution is 2.54. The van der Waals surface area contributed by atoms with E-state index in [0.29, 0.717) is 38.1 Å². The van der Waals surface area contributed by atoms with Crippen LogP contribution in [-0.2, 0) is 29.1 Å². The number of benzene rings is 2. The van der Waals surface area contributed by atoms with Crippen LogP contribution in [0.25, 0.3) is 17.7 Å². The zero-order valence-corrected chi connectivity index (χ0v) is 24.3. The molecule has 7 nitrogen and oxygen atoms in total. The van der Waals surface area contributed by atoms with Crippen molar-refractivity contribution in [2.45, 2.75) is 32.9 Å². The minimum atomic E-state index is -0.586. The molecule has 0 spiro atoms. The van der Waals surface area contributed by atoms with E-state index in [-0.39, 0.29) is 11.6 Å². The van der Waals surface area contributed by atoms with Gasteiger partial charge in [-0.15, -0.1) is 11.3 Å². The van der Waals surface area contributed by atoms with E-state index in [4.69, 9.17) is 9.57 Å². The maximum absolute atomic E-state index is 14.1. The van der Waals surface area contributed by atoms with E-state index in [2.05, 4.69) is 25.1 Å². The highest BCUT2D eigenvalue weighted by molar-refractivity contribution is 7.09. The molecule has 0 saturated heterocycles. The van der Waals surface area contributed by atoms with Gasteiger partial charge in [0.1, 0.15) is 5.75 Å². The highest BCUT2D eigenvalue weighted by Gasteiger charge is 2.46. The van der Waals surface area contributed by atoms with Gasteiger partial charge < -0.3 is 4.74 Å². The smallest absolute Gasteiger partial charge is 0.329 e. The number of thiophene rings is 1. The van der Waals surface area contributed by atoms with Gasteiger partial charge in [-0.2, -0.15) is 0 Å². The summed E-state index contributed by atoms with van der Waals surface area (Å²) in [5.41, 5.74) is 4.81. The number of nitrogens with zero attached hydrogens (tertiary/aromatic N) is 3. The molecule has 6 rings (SSSR count). The lowest BCUT2D eigenvalue weighted by atomic mass is 9.75. The van der Waals surface area contributed by atoms with Crippen molar-refractivity contribution in [3.05, 3.63) is 116 Å². The van der Waals surface area contributed by atoms with Crippen LogP contribution in [0.5, 0.6) is 5.75 Å². The Labute approximate surface area is 243 Å². The number of rotatable bonds is 9. The van der Waals surface area contributed by atoms with Crippen LogP contribution in [0.2, 0.25) is 0 Å². The first-order valence-electron chi connectivity index (χ1n) is 13.8. The SMILES string of the molecule is CON(C)C(=O)C1=Cc2c(n(Cc3cccs3)c(=O)n2CCCOc2ccccc2)C=C2c3ccccc3C[C@]12C. The van der Waals surface area contributed by atoms with Crippen molar-refractivity contribution in [1.82, 2.24) is 14.2 Å². The van der Waals surface area contributed by atoms with Crippen molar-refractivity contribution in [2.75, 3.05) is 20.8 Å². The fraction of sp³-hybridized carbons (Fsp3) is 0.273. The molecule has 1 amide bonds. The summed E-state index contributed by atoms with van der Waals surface area (Å²) in [7, 11) is 3.11. The largest absolute Gasteiger partial charge is 0.494 e. The minimum Gasteiger partial charge on any atom is -0.494 e. The summed E-state index contributed by atoms with van der Waals surface area (Å²) in [6.45, 7) is 3.51. The minimum absolute atomic E-state index is 0.0991. The third kappa shape index (κ3) is 4.87. The van der Waals surface area contributed by atoms with Crippen molar-refractivity contribution in [3.63, 3.8) is 0 Å². The number of para-hydroxylation sites is 1. The third-order valence-corrected chi connectivity index (χ3v) is 8.99. The van der Waals surface area contributed by atoms with Crippen LogP contribution >= 0.6 is 11.3 Å². The van der Waals surface area contributed by atoms with Gasteiger partial charge in [0, 0.05) is 29.5 Å². The first-order valence-corrected chi connectivity index (χ1v) is 14.7. The zero-order chi connectivity index (χ0) is 28.6. The number of aromatic nitrogens is 2. The lowest BCUT2D eigenvalue weighted by Crippen LogP contribution is -2.34. The molecule has 2 aromatic carbocycles. The number of carbonyl (C=O) groups excluding carboxylic acids is 1. The molecule has 0 bridgehead atoms. The third-order valence-electron chi connectivity index (χ3n) is 8.13. The van der Waals surface area contributed by atoms with E-state index in [0.717, 1.165) is 33.2 Å². The van der Waals surface area contributed by atoms with Gasteiger partial charge in [-0.25, -0.2) is 9.86 Å². The summed E-state index contributed by atoms with van der Waals surface area (Å²) >= 11 is 1.63. The Balaban J connectivity index is 1.49. The summed E-state index contributed by atoms with van der Waals surface area (Å²) in [6, 6.07) is 22.0. The van der Waals surface area contributed by atoms with Crippen LogP contribution in [0.1, 0.15) is 40.7 Å². The average Bonchev–Trinajstić information content (AvgIpc) is 3.64. The maximum Gasteiger partial charge on any atom is 0.329 e. The van der Waals surface area contributed by atoms with Gasteiger partial charge in [-0.1, -0.05) is 55.5 Å². The molecule has 0 N–H and O–H groups in total. The van der Waals surface area contributed by atoms with Gasteiger partial charge in [-0.05, 0) is 65.3 Å². The number of carbonyl (C=O) groups is 1. The number of hydrogen-bond donors (Lipinski definition) is 0. The zero-order valence-electron chi connectivity index (χ0n) is 23.5. The summed E-state index contributed by atoms with van der Waals surface area (Å²) < 4.78 is 9.57. The second kappa shape index (κ2) is 11.0. The van der Waals surface area contributed by atoms with E-state index < -0.39 is 5.41 Å². The molecular formula is C33H33N3O4S. The second-order valence-electron chi connectivity index (χ2n) is 10.7. The van der Waals surface area contributed by atoms with Gasteiger partial charge in [0.15, 0.2) is 0 Å². The predicted octanol–water partition coefficient (Wildman–Crippen LogP) is 5.75. The molecular weight excluding hydrogens is 534 g/mol. The molecule has 0 radical (unpaired) electrons. The number of ether oxygens (including phenoxy) is 1. The molecule has 8 heteroatoms. The summed E-state index contributed by atoms with van der Waals surface area (Å²) in [5.74, 6) is 0.576. The molecule has 41 heavy (non-hydrogen) atoms. The van der Waals surface area contributed by atoms with Crippen molar-refractivity contribution < 1.29 is 14.4 Å². The molecule has 2 aliphatic carbocycles. The predicted molar refractivity (Wildman–Crippen MR) is 163 cm³/mol. The Kier molecular flexibility index (Phi) is 7.28. The molecule has 0 unspecified atom stereocenters. The molecule has 4 aromatic rings. The van der Waals surface area contributed by atoms with E-state index in [1.165, 1.54) is 17.7 Å². The van der Waals surface area contributed by atoms with Crippen LogP contribution in [-0.4, -0.2) is 40.9 Å². The highest BCUT2D eigenvalue weighted by atomic mass is 32.1. The van der Waals surface area contributed by atoms with E-state index in [1.807, 2.05) is 70.6 Å². The van der Waals surface area contributed by atoms with Crippen LogP contribution in [0, 0.1) is 5.41 Å². The first kappa shape index (κ1) is 27.1. The van der Waals surface area contributed by atoms with Crippen molar-refractivity contribution in [2.24, 2.45) is 5.41 Å². The monoisotopic (exact) mass is 567 g/mol. The topological polar surface area (TPSA) is 65.7 Å². The molecule has 0 aliphatic heterocycles. The van der Waals surface area contributed by atoms with Gasteiger partial charge in [0.05, 0.1) is 31.6 Å². The maximum atomic E-state index is 14.1. The Morgan fingerprint density at radius 2 is 1.76 bits per heavy atom. The summed E-state index contributed by atoms with van der Waals surface area (Å²) in [5, 5.41) is 3.29. The molecule has 2 aromatic heterocycles. The Bertz CT molecular complexity index is 1700. The van der Waals surface area contributed by atoms with Crippen LogP contribution in [0.3, 0.4) is 0 Å². The number of imidazole rings is 1. The fourth-order valence-electron chi connectivity index (χ4n) is 5.96. The molecule has 210 valence electrons. The van der Waals surface area contributed by atoms with Crippen LogP contribution in [0.4, 0.5) is 0 Å². The van der Waals surface area contributed by atoms with Gasteiger partial charge in [0.25, 0.3) is 5.91 Å². The van der Waals surface area contributed by atoms with Crippen LogP contribution < -0.4 is 10.4 Å². The molecule has 2 heterocycles. The van der Waals surface area contributed by atoms with Gasteiger partial charge >= 0.3 is 5.69 Å². The van der Waals surface area contributed by atoms with Gasteiger partial charge in [0.2, 0.25) is 0 Å². The number of allylic oxidation sites excluding steroid dienone is 1. The number of fused-ring (bicyclic) bond motifs is 4. The Morgan fingerprint density at radius 3 is 2.51 bits per heavy atom. The average molecular weight is 568 g/mol. The lowest BCUT2D eigenvalue weighted by molar-refractivity contribution is -0.164. The lowest BCUT2D eigenvalue weighted by Gasteiger charge is -2.30. The molecule has 1 atom stereocenters. The Hall–Kier alpha value is -4.14. The van der Waals surface area contributed by atoms with E-state index in [9.17, 15) is 9.59 Å². The number of likely N-dealkylation sites (N-methyl/N-ethyl adjacent to an activating group) is 1. The standard InChI is InChI=1S/C33H33N3O4S/c1-33-21-23-11-7-8-15-26(23)27(33)19-30-29(20-28(33)31(37)34(2)39-3)35(16-10-17-40-24-12-5-4-6-13-24)32(38)36(30)22-25-14-9-18-41-25/h4-9,11-15,18-20H,10,16-17,21-22H2,1-3H3/t33-/m0/s1.